The maximum absolute atomic E-state index is 11.6. The van der Waals surface area contributed by atoms with Crippen molar-refractivity contribution in [3.8, 4) is 0 Å². The predicted molar refractivity (Wildman–Crippen MR) is 63.5 cm³/mol. The number of nitrogens with one attached hydrogen (secondary N) is 1. The van der Waals surface area contributed by atoms with E-state index in [1.54, 1.807) is 6.07 Å². The van der Waals surface area contributed by atoms with E-state index >= 15 is 0 Å². The lowest BCUT2D eigenvalue weighted by Crippen LogP contribution is -2.34. The van der Waals surface area contributed by atoms with Gasteiger partial charge in [-0.05, 0) is 18.8 Å². The molecule has 88 valence electrons. The zero-order valence-electron chi connectivity index (χ0n) is 8.99. The van der Waals surface area contributed by atoms with Crippen molar-refractivity contribution in [3.63, 3.8) is 0 Å². The van der Waals surface area contributed by atoms with Gasteiger partial charge < -0.3 is 9.84 Å². The van der Waals surface area contributed by atoms with Crippen molar-refractivity contribution < 1.29 is 9.32 Å². The summed E-state index contributed by atoms with van der Waals surface area (Å²) in [7, 11) is 0. The normalized spacial score (nSPS) is 25.3. The van der Waals surface area contributed by atoms with Crippen molar-refractivity contribution in [2.45, 2.75) is 30.5 Å². The van der Waals surface area contributed by atoms with E-state index in [1.165, 1.54) is 31.9 Å². The first kappa shape index (κ1) is 11.6. The molecule has 1 N–H and O–H groups in total. The summed E-state index contributed by atoms with van der Waals surface area (Å²) in [6, 6.07) is 1.57. The summed E-state index contributed by atoms with van der Waals surface area (Å²) in [5.41, 5.74) is 0.349. The zero-order chi connectivity index (χ0) is 11.4. The van der Waals surface area contributed by atoms with E-state index < -0.39 is 0 Å². The van der Waals surface area contributed by atoms with Gasteiger partial charge >= 0.3 is 0 Å². The van der Waals surface area contributed by atoms with Gasteiger partial charge in [0.2, 0.25) is 0 Å². The number of aromatic nitrogens is 1. The van der Waals surface area contributed by atoms with Gasteiger partial charge in [0.15, 0.2) is 5.69 Å². The largest absolute Gasteiger partial charge is 0.364 e. The summed E-state index contributed by atoms with van der Waals surface area (Å²) in [6.07, 6.45) is 6.32. The van der Waals surface area contributed by atoms with E-state index in [2.05, 4.69) is 30.9 Å². The van der Waals surface area contributed by atoms with Gasteiger partial charge in [-0.25, -0.2) is 0 Å². The van der Waals surface area contributed by atoms with Crippen LogP contribution < -0.4 is 5.32 Å². The number of carbonyl (C=O) groups is 1. The number of amides is 1. The highest BCUT2D eigenvalue weighted by atomic mass is 79.9. The monoisotopic (exact) mass is 286 g/mol. The molecule has 0 radical (unpaired) electrons. The number of nitrogens with zero attached hydrogens (tertiary/aromatic N) is 1. The standard InChI is InChI=1S/C11H15BrN2O2/c12-9-4-2-1-3-8(9)7-13-11(15)10-5-6-16-14-10/h5-6,8-9H,1-4,7H2,(H,13,15). The molecule has 2 rings (SSSR count). The maximum atomic E-state index is 11.6. The first-order valence-electron chi connectivity index (χ1n) is 5.60. The van der Waals surface area contributed by atoms with Crippen molar-refractivity contribution >= 4 is 21.8 Å². The summed E-state index contributed by atoms with van der Waals surface area (Å²) >= 11 is 3.67. The molecule has 16 heavy (non-hydrogen) atoms. The molecule has 0 saturated heterocycles. The number of rotatable bonds is 3. The van der Waals surface area contributed by atoms with Gasteiger partial charge in [-0.2, -0.15) is 0 Å². The van der Waals surface area contributed by atoms with Crippen molar-refractivity contribution in [2.75, 3.05) is 6.54 Å². The molecule has 1 aliphatic rings. The van der Waals surface area contributed by atoms with Crippen LogP contribution in [0.15, 0.2) is 16.9 Å². The topological polar surface area (TPSA) is 55.1 Å². The number of alkyl halides is 1. The van der Waals surface area contributed by atoms with Gasteiger partial charge in [0.05, 0.1) is 0 Å². The Labute approximate surface area is 103 Å². The Morgan fingerprint density at radius 2 is 2.38 bits per heavy atom. The van der Waals surface area contributed by atoms with E-state index in [0.29, 0.717) is 23.0 Å². The fourth-order valence-corrected chi connectivity index (χ4v) is 2.81. The van der Waals surface area contributed by atoms with Crippen LogP contribution in [0.25, 0.3) is 0 Å². The second-order valence-electron chi connectivity index (χ2n) is 4.16. The Kier molecular flexibility index (Phi) is 3.98. The molecule has 2 atom stereocenters. The van der Waals surface area contributed by atoms with Gasteiger partial charge in [-0.15, -0.1) is 0 Å². The van der Waals surface area contributed by atoms with Crippen LogP contribution in [0.2, 0.25) is 0 Å². The predicted octanol–water partition coefficient (Wildman–Crippen LogP) is 2.36. The third kappa shape index (κ3) is 2.84. The summed E-state index contributed by atoms with van der Waals surface area (Å²) in [5, 5.41) is 6.49. The zero-order valence-corrected chi connectivity index (χ0v) is 10.6. The van der Waals surface area contributed by atoms with Crippen LogP contribution in [0.5, 0.6) is 0 Å². The lowest BCUT2D eigenvalue weighted by molar-refractivity contribution is 0.0935. The molecule has 1 amide bonds. The maximum Gasteiger partial charge on any atom is 0.273 e. The minimum absolute atomic E-state index is 0.154. The molecule has 1 saturated carbocycles. The highest BCUT2D eigenvalue weighted by Gasteiger charge is 2.23. The van der Waals surface area contributed by atoms with Gasteiger partial charge in [-0.3, -0.25) is 4.79 Å². The van der Waals surface area contributed by atoms with E-state index in [4.69, 9.17) is 0 Å². The summed E-state index contributed by atoms with van der Waals surface area (Å²) in [5.74, 6) is 0.378. The second-order valence-corrected chi connectivity index (χ2v) is 5.33. The highest BCUT2D eigenvalue weighted by molar-refractivity contribution is 9.09. The molecule has 0 aromatic carbocycles. The Bertz CT molecular complexity index is 340. The van der Waals surface area contributed by atoms with Crippen molar-refractivity contribution in [3.05, 3.63) is 18.0 Å². The summed E-state index contributed by atoms with van der Waals surface area (Å²) < 4.78 is 4.63. The van der Waals surface area contributed by atoms with E-state index in [0.717, 1.165) is 0 Å². The minimum atomic E-state index is -0.154. The second kappa shape index (κ2) is 5.48. The molecule has 1 fully saturated rings. The molecular formula is C11H15BrN2O2. The molecule has 1 heterocycles. The van der Waals surface area contributed by atoms with E-state index in [-0.39, 0.29) is 5.91 Å². The van der Waals surface area contributed by atoms with Crippen LogP contribution in [0.3, 0.4) is 0 Å². The molecule has 4 nitrogen and oxygen atoms in total. The first-order chi connectivity index (χ1) is 7.77. The average Bonchev–Trinajstić information content (AvgIpc) is 2.81. The van der Waals surface area contributed by atoms with Crippen LogP contribution in [-0.4, -0.2) is 22.4 Å². The Morgan fingerprint density at radius 1 is 1.56 bits per heavy atom. The van der Waals surface area contributed by atoms with Gasteiger partial charge in [0.1, 0.15) is 6.26 Å². The van der Waals surface area contributed by atoms with Crippen LogP contribution in [0, 0.1) is 5.92 Å². The smallest absolute Gasteiger partial charge is 0.273 e. The SMILES string of the molecule is O=C(NCC1CCCCC1Br)c1ccon1. The van der Waals surface area contributed by atoms with Crippen molar-refractivity contribution in [1.29, 1.82) is 0 Å². The summed E-state index contributed by atoms with van der Waals surface area (Å²) in [4.78, 5) is 12.1. The lowest BCUT2D eigenvalue weighted by Gasteiger charge is -2.27. The van der Waals surface area contributed by atoms with Crippen LogP contribution in [0.4, 0.5) is 0 Å². The molecule has 2 unspecified atom stereocenters. The third-order valence-corrected chi connectivity index (χ3v) is 4.22. The van der Waals surface area contributed by atoms with Crippen molar-refractivity contribution in [1.82, 2.24) is 10.5 Å². The number of carbonyl (C=O) groups excluding carboxylic acids is 1. The molecule has 1 aliphatic carbocycles. The number of halogens is 1. The lowest BCUT2D eigenvalue weighted by atomic mass is 9.89. The highest BCUT2D eigenvalue weighted by Crippen LogP contribution is 2.29. The summed E-state index contributed by atoms with van der Waals surface area (Å²) in [6.45, 7) is 0.710. The molecule has 0 aliphatic heterocycles. The molecule has 0 bridgehead atoms. The fourth-order valence-electron chi connectivity index (χ4n) is 2.04. The molecule has 0 spiro atoms. The average molecular weight is 287 g/mol. The van der Waals surface area contributed by atoms with Crippen LogP contribution in [0.1, 0.15) is 36.2 Å². The Hall–Kier alpha value is -0.840. The van der Waals surface area contributed by atoms with E-state index in [1.807, 2.05) is 0 Å². The molecular weight excluding hydrogens is 272 g/mol. The van der Waals surface area contributed by atoms with Crippen molar-refractivity contribution in [2.24, 2.45) is 5.92 Å². The number of hydrogen-bond acceptors (Lipinski definition) is 3. The molecule has 1 aromatic rings. The first-order valence-corrected chi connectivity index (χ1v) is 6.51. The minimum Gasteiger partial charge on any atom is -0.364 e. The Morgan fingerprint density at radius 3 is 3.06 bits per heavy atom. The van der Waals surface area contributed by atoms with Crippen LogP contribution >= 0.6 is 15.9 Å². The van der Waals surface area contributed by atoms with E-state index in [9.17, 15) is 4.79 Å². The Balaban J connectivity index is 1.80. The molecule has 5 heteroatoms. The quantitative estimate of drug-likeness (QED) is 0.868. The third-order valence-electron chi connectivity index (χ3n) is 3.01. The molecule has 1 aromatic heterocycles. The van der Waals surface area contributed by atoms with Gasteiger partial charge in [-0.1, -0.05) is 33.9 Å². The van der Waals surface area contributed by atoms with Crippen LogP contribution in [-0.2, 0) is 0 Å². The van der Waals surface area contributed by atoms with Gasteiger partial charge in [0, 0.05) is 17.4 Å². The fraction of sp³-hybridized carbons (Fsp3) is 0.636. The van der Waals surface area contributed by atoms with Gasteiger partial charge in [0.25, 0.3) is 5.91 Å². The number of hydrogen-bond donors (Lipinski definition) is 1.